The van der Waals surface area contributed by atoms with Crippen molar-refractivity contribution in [1.82, 2.24) is 4.57 Å². The van der Waals surface area contributed by atoms with Crippen LogP contribution in [0.25, 0.3) is 10.9 Å². The van der Waals surface area contributed by atoms with Gasteiger partial charge in [-0.05, 0) is 25.0 Å². The summed E-state index contributed by atoms with van der Waals surface area (Å²) in [5.74, 6) is -1.21. The third-order valence-corrected chi connectivity index (χ3v) is 4.20. The molecule has 32 heavy (non-hydrogen) atoms. The first-order valence-corrected chi connectivity index (χ1v) is 8.82. The molecular formula is C18H17N5O9. The van der Waals surface area contributed by atoms with Crippen LogP contribution in [0, 0.1) is 30.3 Å². The minimum absolute atomic E-state index is 0.0213. The fraction of sp³-hybridized carbons (Fsp3) is 0.167. The Kier molecular flexibility index (Phi) is 7.02. The molecule has 14 nitrogen and oxygen atoms in total. The second-order valence-electron chi connectivity index (χ2n) is 6.61. The number of aromatic hydroxyl groups is 1. The van der Waals surface area contributed by atoms with Crippen LogP contribution < -0.4 is 5.73 Å². The molecule has 0 aliphatic rings. The average molecular weight is 447 g/mol. The zero-order chi connectivity index (χ0) is 24.2. The highest BCUT2D eigenvalue weighted by atomic mass is 16.6. The quantitative estimate of drug-likeness (QED) is 0.383. The number of non-ortho nitro benzene ring substituents is 1. The predicted octanol–water partition coefficient (Wildman–Crippen LogP) is 3.17. The molecule has 1 atom stereocenters. The van der Waals surface area contributed by atoms with Gasteiger partial charge in [-0.1, -0.05) is 18.2 Å². The van der Waals surface area contributed by atoms with Crippen molar-refractivity contribution in [2.45, 2.75) is 19.4 Å². The van der Waals surface area contributed by atoms with Crippen LogP contribution in [0.5, 0.6) is 5.75 Å². The van der Waals surface area contributed by atoms with E-state index in [-0.39, 0.29) is 6.04 Å². The number of rotatable bonds is 5. The van der Waals surface area contributed by atoms with E-state index >= 15 is 0 Å². The summed E-state index contributed by atoms with van der Waals surface area (Å²) < 4.78 is 1.24. The number of nitro groups is 3. The zero-order valence-corrected chi connectivity index (χ0v) is 16.4. The van der Waals surface area contributed by atoms with Gasteiger partial charge in [0.1, 0.15) is 0 Å². The number of carbonyl (C=O) groups is 1. The maximum Gasteiger partial charge on any atom is 0.416 e. The second kappa shape index (κ2) is 9.48. The molecule has 0 spiro atoms. The van der Waals surface area contributed by atoms with Gasteiger partial charge in [0, 0.05) is 17.6 Å². The summed E-state index contributed by atoms with van der Waals surface area (Å²) in [6.45, 7) is 1.91. The normalized spacial score (nSPS) is 11.3. The Labute approximate surface area is 178 Å². The number of nitrogens with zero attached hydrogens (tertiary/aromatic N) is 4. The SMILES string of the molecule is C[C@@H](N)Cc1cn(C(=O)O)c2ccccc12.O=[N+]([O-])c1cc([N+](=O)[O-])c(O)c([N+](=O)[O-])c1. The van der Waals surface area contributed by atoms with E-state index in [1.54, 1.807) is 12.3 Å². The fourth-order valence-electron chi connectivity index (χ4n) is 2.89. The maximum atomic E-state index is 11.0. The van der Waals surface area contributed by atoms with E-state index in [1.165, 1.54) is 4.57 Å². The van der Waals surface area contributed by atoms with Gasteiger partial charge in [0.25, 0.3) is 11.4 Å². The van der Waals surface area contributed by atoms with Crippen molar-refractivity contribution in [3.63, 3.8) is 0 Å². The van der Waals surface area contributed by atoms with Gasteiger partial charge in [-0.3, -0.25) is 34.9 Å². The van der Waals surface area contributed by atoms with Gasteiger partial charge in [-0.25, -0.2) is 4.79 Å². The summed E-state index contributed by atoms with van der Waals surface area (Å²) in [5.41, 5.74) is 4.44. The number of fused-ring (bicyclic) bond motifs is 1. The topological polar surface area (TPSA) is 218 Å². The van der Waals surface area contributed by atoms with Gasteiger partial charge in [0.2, 0.25) is 0 Å². The number of nitrogens with two attached hydrogens (primary N) is 1. The van der Waals surface area contributed by atoms with Crippen molar-refractivity contribution in [2.24, 2.45) is 5.73 Å². The molecule has 14 heteroatoms. The molecule has 0 fully saturated rings. The first kappa shape index (κ1) is 23.7. The molecule has 0 aliphatic carbocycles. The highest BCUT2D eigenvalue weighted by molar-refractivity contribution is 5.91. The standard InChI is InChI=1S/C12H14N2O2.C6H3N3O7/c1-8(13)6-9-7-14(12(15)16)11-5-3-2-4-10(9)11;10-6-4(8(13)14)1-3(7(11)12)2-5(6)9(15)16/h2-5,7-8H,6,13H2,1H3,(H,15,16);1-2,10H/t8-;/m1./s1. The summed E-state index contributed by atoms with van der Waals surface area (Å²) in [5, 5.41) is 50.2. The number of para-hydroxylation sites is 1. The van der Waals surface area contributed by atoms with Gasteiger partial charge >= 0.3 is 17.5 Å². The van der Waals surface area contributed by atoms with E-state index in [1.807, 2.05) is 25.1 Å². The summed E-state index contributed by atoms with van der Waals surface area (Å²) in [4.78, 5) is 38.8. The van der Waals surface area contributed by atoms with Gasteiger partial charge in [0.05, 0.1) is 32.4 Å². The lowest BCUT2D eigenvalue weighted by atomic mass is 10.1. The summed E-state index contributed by atoms with van der Waals surface area (Å²) >= 11 is 0. The van der Waals surface area contributed by atoms with Crippen LogP contribution in [0.4, 0.5) is 21.9 Å². The first-order chi connectivity index (χ1) is 14.9. The monoisotopic (exact) mass is 447 g/mol. The number of aromatic nitrogens is 1. The number of hydrogen-bond donors (Lipinski definition) is 3. The molecule has 3 aromatic rings. The molecule has 0 saturated carbocycles. The van der Waals surface area contributed by atoms with Gasteiger partial charge < -0.3 is 15.9 Å². The zero-order valence-electron chi connectivity index (χ0n) is 16.4. The van der Waals surface area contributed by atoms with Crippen molar-refractivity contribution in [3.8, 4) is 5.75 Å². The van der Waals surface area contributed by atoms with Crippen LogP contribution in [-0.2, 0) is 6.42 Å². The van der Waals surface area contributed by atoms with Crippen LogP contribution >= 0.6 is 0 Å². The number of nitro benzene ring substituents is 3. The molecule has 1 heterocycles. The second-order valence-corrected chi connectivity index (χ2v) is 6.61. The summed E-state index contributed by atoms with van der Waals surface area (Å²) in [6.07, 6.45) is 1.36. The predicted molar refractivity (Wildman–Crippen MR) is 111 cm³/mol. The molecule has 0 aliphatic heterocycles. The Morgan fingerprint density at radius 1 is 1.06 bits per heavy atom. The number of carboxylic acid groups (broad SMARTS) is 1. The van der Waals surface area contributed by atoms with Crippen molar-refractivity contribution >= 4 is 34.1 Å². The number of phenolic OH excluding ortho intramolecular Hbond substituents is 1. The van der Waals surface area contributed by atoms with Crippen molar-refractivity contribution in [3.05, 3.63) is 78.5 Å². The van der Waals surface area contributed by atoms with Gasteiger partial charge in [0.15, 0.2) is 0 Å². The number of benzene rings is 2. The summed E-state index contributed by atoms with van der Waals surface area (Å²) in [7, 11) is 0. The Balaban J connectivity index is 0.000000227. The summed E-state index contributed by atoms with van der Waals surface area (Å²) in [6, 6.07) is 8.37. The molecule has 0 saturated heterocycles. The lowest BCUT2D eigenvalue weighted by molar-refractivity contribution is -0.404. The van der Waals surface area contributed by atoms with Crippen LogP contribution in [0.1, 0.15) is 12.5 Å². The van der Waals surface area contributed by atoms with Crippen LogP contribution in [0.3, 0.4) is 0 Å². The van der Waals surface area contributed by atoms with E-state index < -0.39 is 43.7 Å². The van der Waals surface area contributed by atoms with E-state index in [9.17, 15) is 35.1 Å². The third-order valence-electron chi connectivity index (χ3n) is 4.20. The van der Waals surface area contributed by atoms with Crippen LogP contribution in [0.2, 0.25) is 0 Å². The number of phenols is 1. The molecule has 0 amide bonds. The fourth-order valence-corrected chi connectivity index (χ4v) is 2.89. The first-order valence-electron chi connectivity index (χ1n) is 8.82. The molecule has 3 rings (SSSR count). The Morgan fingerprint density at radius 2 is 1.59 bits per heavy atom. The molecular weight excluding hydrogens is 430 g/mol. The molecule has 0 radical (unpaired) electrons. The smallest absolute Gasteiger partial charge is 0.416 e. The maximum absolute atomic E-state index is 11.0. The van der Waals surface area contributed by atoms with Gasteiger partial charge in [-0.15, -0.1) is 0 Å². The largest absolute Gasteiger partial charge is 0.497 e. The third kappa shape index (κ3) is 5.11. The lowest BCUT2D eigenvalue weighted by Crippen LogP contribution is -2.17. The van der Waals surface area contributed by atoms with Gasteiger partial charge in [-0.2, -0.15) is 0 Å². The van der Waals surface area contributed by atoms with E-state index in [0.717, 1.165) is 10.9 Å². The van der Waals surface area contributed by atoms with Crippen molar-refractivity contribution in [1.29, 1.82) is 0 Å². The molecule has 0 bridgehead atoms. The number of hydrogen-bond acceptors (Lipinski definition) is 9. The van der Waals surface area contributed by atoms with E-state index in [4.69, 9.17) is 15.9 Å². The molecule has 168 valence electrons. The van der Waals surface area contributed by atoms with Crippen LogP contribution in [-0.4, -0.2) is 41.7 Å². The van der Waals surface area contributed by atoms with Crippen molar-refractivity contribution < 1.29 is 29.8 Å². The Morgan fingerprint density at radius 3 is 2.03 bits per heavy atom. The van der Waals surface area contributed by atoms with Crippen molar-refractivity contribution in [2.75, 3.05) is 0 Å². The highest BCUT2D eigenvalue weighted by Crippen LogP contribution is 2.38. The molecule has 1 aromatic heterocycles. The molecule has 0 unspecified atom stereocenters. The van der Waals surface area contributed by atoms with Crippen LogP contribution in [0.15, 0.2) is 42.6 Å². The minimum Gasteiger partial charge on any atom is -0.497 e. The Hall–Kier alpha value is -4.59. The molecule has 2 aromatic carbocycles. The molecule has 4 N–H and O–H groups in total. The average Bonchev–Trinajstić information content (AvgIpc) is 3.06. The lowest BCUT2D eigenvalue weighted by Gasteiger charge is -2.02. The minimum atomic E-state index is -1.21. The highest BCUT2D eigenvalue weighted by Gasteiger charge is 2.30. The van der Waals surface area contributed by atoms with E-state index in [2.05, 4.69) is 0 Å². The Bertz CT molecular complexity index is 1180. The van der Waals surface area contributed by atoms with E-state index in [0.29, 0.717) is 24.1 Å².